The molecule has 3 nitrogen and oxygen atoms in total. The number of hydrogen-bond donors (Lipinski definition) is 1. The highest BCUT2D eigenvalue weighted by Crippen LogP contribution is 2.21. The molecule has 0 amide bonds. The maximum atomic E-state index is 13.0. The molecular formula is C16H28FN3. The van der Waals surface area contributed by atoms with Crippen molar-refractivity contribution in [2.24, 2.45) is 5.92 Å². The molecule has 1 aromatic heterocycles. The number of halogens is 1. The Morgan fingerprint density at radius 2 is 2.05 bits per heavy atom. The third-order valence-corrected chi connectivity index (χ3v) is 3.98. The zero-order chi connectivity index (χ0) is 15.1. The SMILES string of the molecule is CCCC(C)N(C)CC(C)C(NC)c1ccc(F)cn1. The molecule has 0 saturated heterocycles. The number of aromatic nitrogens is 1. The highest BCUT2D eigenvalue weighted by atomic mass is 19.1. The van der Waals surface area contributed by atoms with E-state index >= 15 is 0 Å². The summed E-state index contributed by atoms with van der Waals surface area (Å²) in [7, 11) is 4.10. The van der Waals surface area contributed by atoms with Gasteiger partial charge in [-0.1, -0.05) is 20.3 Å². The minimum Gasteiger partial charge on any atom is -0.311 e. The number of nitrogens with zero attached hydrogens (tertiary/aromatic N) is 2. The Bertz CT molecular complexity index is 380. The van der Waals surface area contributed by atoms with Gasteiger partial charge in [-0.25, -0.2) is 4.39 Å². The van der Waals surface area contributed by atoms with E-state index in [1.807, 2.05) is 7.05 Å². The monoisotopic (exact) mass is 281 g/mol. The van der Waals surface area contributed by atoms with Gasteiger partial charge in [0.05, 0.1) is 17.9 Å². The molecule has 3 atom stereocenters. The summed E-state index contributed by atoms with van der Waals surface area (Å²) in [6.07, 6.45) is 3.70. The van der Waals surface area contributed by atoms with E-state index in [1.165, 1.54) is 25.1 Å². The lowest BCUT2D eigenvalue weighted by molar-refractivity contribution is 0.193. The summed E-state index contributed by atoms with van der Waals surface area (Å²) in [6, 6.07) is 3.97. The average Bonchev–Trinajstić information content (AvgIpc) is 2.42. The van der Waals surface area contributed by atoms with Crippen molar-refractivity contribution in [1.82, 2.24) is 15.2 Å². The molecule has 1 rings (SSSR count). The topological polar surface area (TPSA) is 28.2 Å². The van der Waals surface area contributed by atoms with Gasteiger partial charge in [-0.3, -0.25) is 4.98 Å². The van der Waals surface area contributed by atoms with Gasteiger partial charge in [0, 0.05) is 12.6 Å². The van der Waals surface area contributed by atoms with Crippen LogP contribution in [-0.2, 0) is 0 Å². The van der Waals surface area contributed by atoms with Crippen molar-refractivity contribution >= 4 is 0 Å². The van der Waals surface area contributed by atoms with Gasteiger partial charge >= 0.3 is 0 Å². The molecule has 0 aliphatic carbocycles. The number of nitrogens with one attached hydrogen (secondary N) is 1. The second-order valence-electron chi connectivity index (χ2n) is 5.72. The van der Waals surface area contributed by atoms with Crippen molar-refractivity contribution in [3.8, 4) is 0 Å². The summed E-state index contributed by atoms with van der Waals surface area (Å²) in [5.74, 6) is 0.118. The molecule has 20 heavy (non-hydrogen) atoms. The summed E-state index contributed by atoms with van der Waals surface area (Å²) in [6.45, 7) is 7.68. The van der Waals surface area contributed by atoms with Crippen molar-refractivity contribution in [3.63, 3.8) is 0 Å². The second kappa shape index (κ2) is 8.32. The molecule has 1 heterocycles. The van der Waals surface area contributed by atoms with Crippen molar-refractivity contribution in [1.29, 1.82) is 0 Å². The normalized spacial score (nSPS) is 16.1. The fraction of sp³-hybridized carbons (Fsp3) is 0.688. The van der Waals surface area contributed by atoms with E-state index in [9.17, 15) is 4.39 Å². The Kier molecular flexibility index (Phi) is 7.10. The molecule has 114 valence electrons. The van der Waals surface area contributed by atoms with Gasteiger partial charge < -0.3 is 10.2 Å². The Hall–Kier alpha value is -1.00. The standard InChI is InChI=1S/C16H28FN3/c1-6-7-13(3)20(5)11-12(2)16(18-4)15-9-8-14(17)10-19-15/h8-10,12-13,16,18H,6-7,11H2,1-5H3. The van der Waals surface area contributed by atoms with Crippen LogP contribution in [-0.4, -0.2) is 36.6 Å². The molecule has 4 heteroatoms. The number of pyridine rings is 1. The molecule has 0 fully saturated rings. The molecule has 0 radical (unpaired) electrons. The molecule has 0 aliphatic rings. The van der Waals surface area contributed by atoms with Gasteiger partial charge in [-0.2, -0.15) is 0 Å². The van der Waals surface area contributed by atoms with Gasteiger partial charge in [-0.05, 0) is 45.5 Å². The summed E-state index contributed by atoms with van der Waals surface area (Å²) in [5.41, 5.74) is 0.901. The van der Waals surface area contributed by atoms with Crippen molar-refractivity contribution in [2.75, 3.05) is 20.6 Å². The second-order valence-corrected chi connectivity index (χ2v) is 5.72. The lowest BCUT2D eigenvalue weighted by atomic mass is 9.97. The Morgan fingerprint density at radius 1 is 1.35 bits per heavy atom. The molecule has 0 aromatic carbocycles. The van der Waals surface area contributed by atoms with E-state index in [-0.39, 0.29) is 11.9 Å². The highest BCUT2D eigenvalue weighted by molar-refractivity contribution is 5.10. The van der Waals surface area contributed by atoms with Crippen LogP contribution in [0.3, 0.4) is 0 Å². The van der Waals surface area contributed by atoms with Gasteiger partial charge in [0.2, 0.25) is 0 Å². The van der Waals surface area contributed by atoms with Crippen LogP contribution in [0.5, 0.6) is 0 Å². The summed E-state index contributed by atoms with van der Waals surface area (Å²) in [4.78, 5) is 6.59. The maximum absolute atomic E-state index is 13.0. The van der Waals surface area contributed by atoms with Crippen molar-refractivity contribution in [2.45, 2.75) is 45.7 Å². The van der Waals surface area contributed by atoms with Gasteiger partial charge in [0.15, 0.2) is 0 Å². The summed E-state index contributed by atoms with van der Waals surface area (Å²) < 4.78 is 13.0. The van der Waals surface area contributed by atoms with E-state index in [2.05, 4.69) is 43.0 Å². The van der Waals surface area contributed by atoms with E-state index in [4.69, 9.17) is 0 Å². The first kappa shape index (κ1) is 17.1. The highest BCUT2D eigenvalue weighted by Gasteiger charge is 2.21. The van der Waals surface area contributed by atoms with Gasteiger partial charge in [0.25, 0.3) is 0 Å². The largest absolute Gasteiger partial charge is 0.311 e. The predicted octanol–water partition coefficient (Wildman–Crippen LogP) is 3.24. The van der Waals surface area contributed by atoms with Crippen molar-refractivity contribution in [3.05, 3.63) is 29.8 Å². The third-order valence-electron chi connectivity index (χ3n) is 3.98. The molecule has 0 saturated carbocycles. The fourth-order valence-corrected chi connectivity index (χ4v) is 2.67. The Morgan fingerprint density at radius 3 is 2.55 bits per heavy atom. The van der Waals surface area contributed by atoms with E-state index < -0.39 is 0 Å². The Labute approximate surface area is 122 Å². The summed E-state index contributed by atoms with van der Waals surface area (Å²) >= 11 is 0. The van der Waals surface area contributed by atoms with Crippen molar-refractivity contribution < 1.29 is 4.39 Å². The molecular weight excluding hydrogens is 253 g/mol. The quantitative estimate of drug-likeness (QED) is 0.793. The Balaban J connectivity index is 2.67. The van der Waals surface area contributed by atoms with Gasteiger partial charge in [-0.15, -0.1) is 0 Å². The van der Waals surface area contributed by atoms with Crippen LogP contribution in [0.1, 0.15) is 45.3 Å². The summed E-state index contributed by atoms with van der Waals surface area (Å²) in [5, 5.41) is 3.30. The zero-order valence-corrected chi connectivity index (χ0v) is 13.4. The van der Waals surface area contributed by atoms with E-state index in [1.54, 1.807) is 6.07 Å². The lowest BCUT2D eigenvalue weighted by Crippen LogP contribution is -2.37. The van der Waals surface area contributed by atoms with Crippen LogP contribution in [0, 0.1) is 11.7 Å². The molecule has 0 bridgehead atoms. The number of hydrogen-bond acceptors (Lipinski definition) is 3. The smallest absolute Gasteiger partial charge is 0.141 e. The van der Waals surface area contributed by atoms with Crippen LogP contribution in [0.2, 0.25) is 0 Å². The predicted molar refractivity (Wildman–Crippen MR) is 82.2 cm³/mol. The minimum atomic E-state index is -0.287. The first-order valence-electron chi connectivity index (χ1n) is 7.48. The molecule has 0 aliphatic heterocycles. The third kappa shape index (κ3) is 4.84. The zero-order valence-electron chi connectivity index (χ0n) is 13.4. The molecule has 3 unspecified atom stereocenters. The lowest BCUT2D eigenvalue weighted by Gasteiger charge is -2.31. The van der Waals surface area contributed by atoms with Crippen LogP contribution in [0.4, 0.5) is 4.39 Å². The van der Waals surface area contributed by atoms with Crippen LogP contribution >= 0.6 is 0 Å². The van der Waals surface area contributed by atoms with Crippen LogP contribution < -0.4 is 5.32 Å². The minimum absolute atomic E-state index is 0.145. The number of rotatable bonds is 8. The van der Waals surface area contributed by atoms with Crippen LogP contribution in [0.15, 0.2) is 18.3 Å². The van der Waals surface area contributed by atoms with Crippen LogP contribution in [0.25, 0.3) is 0 Å². The first-order valence-corrected chi connectivity index (χ1v) is 7.48. The molecule has 1 aromatic rings. The van der Waals surface area contributed by atoms with Gasteiger partial charge in [0.1, 0.15) is 5.82 Å². The first-order chi connectivity index (χ1) is 9.49. The maximum Gasteiger partial charge on any atom is 0.141 e. The fourth-order valence-electron chi connectivity index (χ4n) is 2.67. The average molecular weight is 281 g/mol. The van der Waals surface area contributed by atoms with E-state index in [0.717, 1.165) is 12.2 Å². The van der Waals surface area contributed by atoms with E-state index in [0.29, 0.717) is 12.0 Å². The molecule has 0 spiro atoms. The molecule has 1 N–H and O–H groups in total.